The Bertz CT molecular complexity index is 1300. The van der Waals surface area contributed by atoms with Crippen molar-refractivity contribution in [2.24, 2.45) is 0 Å². The molecule has 0 spiro atoms. The van der Waals surface area contributed by atoms with Crippen LogP contribution in [0.2, 0.25) is 0 Å². The third-order valence-corrected chi connectivity index (χ3v) is 5.84. The molecule has 154 valence electrons. The second-order valence-corrected chi connectivity index (χ2v) is 7.64. The van der Waals surface area contributed by atoms with Crippen LogP contribution in [0.3, 0.4) is 0 Å². The maximum Gasteiger partial charge on any atom is 0.341 e. The first-order valence-electron chi connectivity index (χ1n) is 9.62. The fourth-order valence-electron chi connectivity index (χ4n) is 4.23. The highest BCUT2D eigenvalue weighted by atomic mass is 19.1. The van der Waals surface area contributed by atoms with Crippen LogP contribution in [-0.2, 0) is 13.1 Å². The molecule has 3 aromatic rings. The molecule has 1 aromatic heterocycles. The minimum absolute atomic E-state index is 0.0288. The molecule has 5 rings (SSSR count). The number of carboxylic acids is 1. The number of methoxy groups -OCH3 is 1. The summed E-state index contributed by atoms with van der Waals surface area (Å²) in [5.41, 5.74) is 0.392. The molecule has 1 aliphatic heterocycles. The van der Waals surface area contributed by atoms with Crippen molar-refractivity contribution < 1.29 is 23.4 Å². The number of hydrogen-bond acceptors (Lipinski definition) is 4. The molecule has 0 radical (unpaired) electrons. The topological polar surface area (TPSA) is 80.6 Å². The number of pyridine rings is 1. The molecule has 0 atom stereocenters. The Morgan fingerprint density at radius 1 is 1.20 bits per heavy atom. The molecule has 6 nitrogen and oxygen atoms in total. The van der Waals surface area contributed by atoms with E-state index in [4.69, 9.17) is 4.74 Å². The molecule has 8 heteroatoms. The van der Waals surface area contributed by atoms with Crippen LogP contribution in [0, 0.1) is 11.6 Å². The summed E-state index contributed by atoms with van der Waals surface area (Å²) in [6.45, 7) is 0.503. The third kappa shape index (κ3) is 2.64. The predicted molar refractivity (Wildman–Crippen MR) is 106 cm³/mol. The van der Waals surface area contributed by atoms with Gasteiger partial charge in [0.25, 0.3) is 0 Å². The number of carboxylic acid groups (broad SMARTS) is 1. The van der Waals surface area contributed by atoms with Crippen molar-refractivity contribution in [3.8, 4) is 16.9 Å². The molecule has 1 saturated carbocycles. The lowest BCUT2D eigenvalue weighted by molar-refractivity contribution is 0.0695. The summed E-state index contributed by atoms with van der Waals surface area (Å²) in [5.74, 6) is -2.12. The number of aromatic nitrogens is 1. The normalized spacial score (nSPS) is 15.4. The number of fused-ring (bicyclic) bond motifs is 2. The summed E-state index contributed by atoms with van der Waals surface area (Å²) < 4.78 is 37.2. The summed E-state index contributed by atoms with van der Waals surface area (Å²) >= 11 is 0. The lowest BCUT2D eigenvalue weighted by Crippen LogP contribution is -2.19. The number of carbonyl (C=O) groups is 1. The Morgan fingerprint density at radius 3 is 2.60 bits per heavy atom. The summed E-state index contributed by atoms with van der Waals surface area (Å²) in [4.78, 5) is 24.3. The van der Waals surface area contributed by atoms with Gasteiger partial charge < -0.3 is 19.7 Å². The van der Waals surface area contributed by atoms with E-state index < -0.39 is 23.0 Å². The standard InChI is InChI=1S/C22H18F2N2O4/c1-30-21-11(13-6-17(23)14-7-25-8-15(14)18(13)24)4-5-12-19(21)26(10-2-3-10)9-16(20(12)27)22(28)29/h4-6,9-10,25H,2-3,7-8H2,1H3,(H,28,29). The van der Waals surface area contributed by atoms with Crippen LogP contribution in [-0.4, -0.2) is 22.8 Å². The highest BCUT2D eigenvalue weighted by molar-refractivity contribution is 5.97. The minimum atomic E-state index is -1.31. The van der Waals surface area contributed by atoms with Crippen LogP contribution in [0.15, 0.2) is 29.2 Å². The van der Waals surface area contributed by atoms with E-state index in [1.54, 1.807) is 4.57 Å². The molecule has 0 unspecified atom stereocenters. The summed E-state index contributed by atoms with van der Waals surface area (Å²) in [6.07, 6.45) is 2.98. The van der Waals surface area contributed by atoms with Crippen LogP contribution < -0.4 is 15.5 Å². The molecule has 2 aromatic carbocycles. The first-order valence-corrected chi connectivity index (χ1v) is 9.62. The molecule has 30 heavy (non-hydrogen) atoms. The van der Waals surface area contributed by atoms with Gasteiger partial charge in [-0.25, -0.2) is 13.6 Å². The first kappa shape index (κ1) is 18.7. The maximum absolute atomic E-state index is 15.3. The average molecular weight is 412 g/mol. The Balaban J connectivity index is 1.85. The Morgan fingerprint density at radius 2 is 1.93 bits per heavy atom. The van der Waals surface area contributed by atoms with E-state index >= 15 is 4.39 Å². The van der Waals surface area contributed by atoms with Crippen molar-refractivity contribution in [1.82, 2.24) is 9.88 Å². The second kappa shape index (κ2) is 6.63. The van der Waals surface area contributed by atoms with Crippen molar-refractivity contribution >= 4 is 16.9 Å². The van der Waals surface area contributed by atoms with Crippen molar-refractivity contribution in [2.45, 2.75) is 32.0 Å². The molecule has 1 fully saturated rings. The molecule has 2 heterocycles. The molecular weight excluding hydrogens is 394 g/mol. The van der Waals surface area contributed by atoms with Gasteiger partial charge in [0.15, 0.2) is 5.75 Å². The smallest absolute Gasteiger partial charge is 0.341 e. The minimum Gasteiger partial charge on any atom is -0.494 e. The number of halogens is 2. The van der Waals surface area contributed by atoms with Crippen LogP contribution in [0.5, 0.6) is 5.75 Å². The van der Waals surface area contributed by atoms with Crippen molar-refractivity contribution in [2.75, 3.05) is 7.11 Å². The van der Waals surface area contributed by atoms with E-state index in [1.807, 2.05) is 0 Å². The summed E-state index contributed by atoms with van der Waals surface area (Å²) in [6, 6.07) is 4.12. The van der Waals surface area contributed by atoms with Gasteiger partial charge in [0.05, 0.1) is 18.0 Å². The fraction of sp³-hybridized carbons (Fsp3) is 0.273. The highest BCUT2D eigenvalue weighted by Crippen LogP contribution is 2.44. The van der Waals surface area contributed by atoms with Crippen LogP contribution in [0.1, 0.15) is 40.4 Å². The van der Waals surface area contributed by atoms with Gasteiger partial charge in [-0.3, -0.25) is 4.79 Å². The van der Waals surface area contributed by atoms with Gasteiger partial charge in [0.1, 0.15) is 17.2 Å². The van der Waals surface area contributed by atoms with Crippen molar-refractivity contribution in [1.29, 1.82) is 0 Å². The van der Waals surface area contributed by atoms with Crippen molar-refractivity contribution in [3.05, 3.63) is 62.9 Å². The lowest BCUT2D eigenvalue weighted by atomic mass is 9.96. The first-order chi connectivity index (χ1) is 14.4. The fourth-order valence-corrected chi connectivity index (χ4v) is 4.23. The second-order valence-electron chi connectivity index (χ2n) is 7.64. The number of nitrogens with zero attached hydrogens (tertiary/aromatic N) is 1. The molecule has 0 saturated heterocycles. The lowest BCUT2D eigenvalue weighted by Gasteiger charge is -2.18. The quantitative estimate of drug-likeness (QED) is 0.685. The molecule has 2 N–H and O–H groups in total. The average Bonchev–Trinajstić information content (AvgIpc) is 3.44. The van der Waals surface area contributed by atoms with Crippen LogP contribution >= 0.6 is 0 Å². The number of hydrogen-bond donors (Lipinski definition) is 2. The van der Waals surface area contributed by atoms with Gasteiger partial charge >= 0.3 is 5.97 Å². The molecule has 0 amide bonds. The number of aromatic carboxylic acids is 1. The molecule has 2 aliphatic rings. The summed E-state index contributed by atoms with van der Waals surface area (Å²) in [7, 11) is 1.40. The third-order valence-electron chi connectivity index (χ3n) is 5.84. The zero-order valence-corrected chi connectivity index (χ0v) is 16.1. The van der Waals surface area contributed by atoms with Gasteiger partial charge in [0.2, 0.25) is 5.43 Å². The van der Waals surface area contributed by atoms with E-state index in [9.17, 15) is 19.1 Å². The van der Waals surface area contributed by atoms with E-state index in [0.29, 0.717) is 16.6 Å². The van der Waals surface area contributed by atoms with Gasteiger partial charge in [-0.05, 0) is 31.0 Å². The zero-order valence-electron chi connectivity index (χ0n) is 16.1. The Hall–Kier alpha value is -3.26. The van der Waals surface area contributed by atoms with Gasteiger partial charge in [0, 0.05) is 47.6 Å². The van der Waals surface area contributed by atoms with Gasteiger partial charge in [-0.1, -0.05) is 0 Å². The number of ether oxygens (including phenoxy) is 1. The largest absolute Gasteiger partial charge is 0.494 e. The van der Waals surface area contributed by atoms with E-state index in [2.05, 4.69) is 5.32 Å². The zero-order chi connectivity index (χ0) is 21.2. The number of benzene rings is 2. The summed E-state index contributed by atoms with van der Waals surface area (Å²) in [5, 5.41) is 12.5. The van der Waals surface area contributed by atoms with E-state index in [1.165, 1.54) is 25.4 Å². The predicted octanol–water partition coefficient (Wildman–Crippen LogP) is 3.59. The maximum atomic E-state index is 15.3. The van der Waals surface area contributed by atoms with E-state index in [-0.39, 0.29) is 47.0 Å². The Kier molecular flexibility index (Phi) is 4.14. The molecular formula is C22H18F2N2O4. The van der Waals surface area contributed by atoms with Crippen LogP contribution in [0.25, 0.3) is 22.0 Å². The number of rotatable bonds is 4. The Labute approximate surface area is 169 Å². The van der Waals surface area contributed by atoms with Crippen molar-refractivity contribution in [3.63, 3.8) is 0 Å². The van der Waals surface area contributed by atoms with Crippen LogP contribution in [0.4, 0.5) is 8.78 Å². The SMILES string of the molecule is COc1c(-c2cc(F)c3c(c2F)CNC3)ccc2c(=O)c(C(=O)O)cn(C3CC3)c12. The monoisotopic (exact) mass is 412 g/mol. The highest BCUT2D eigenvalue weighted by Gasteiger charge is 2.30. The molecule has 1 aliphatic carbocycles. The number of nitrogens with one attached hydrogen (secondary N) is 1. The molecule has 0 bridgehead atoms. The van der Waals surface area contributed by atoms with Gasteiger partial charge in [-0.2, -0.15) is 0 Å². The van der Waals surface area contributed by atoms with E-state index in [0.717, 1.165) is 18.9 Å². The van der Waals surface area contributed by atoms with Gasteiger partial charge in [-0.15, -0.1) is 0 Å².